The molecule has 98 valence electrons. The lowest BCUT2D eigenvalue weighted by Crippen LogP contribution is -2.34. The minimum Gasteiger partial charge on any atom is -0.0885 e. The van der Waals surface area contributed by atoms with E-state index in [9.17, 15) is 0 Å². The molecule has 0 amide bonds. The third-order valence-electron chi connectivity index (χ3n) is 5.30. The van der Waals surface area contributed by atoms with Crippen LogP contribution in [0.15, 0.2) is 36.0 Å². The Hall–Kier alpha value is -0.780. The van der Waals surface area contributed by atoms with E-state index >= 15 is 0 Å². The van der Waals surface area contributed by atoms with Crippen LogP contribution in [0, 0.1) is 11.3 Å². The van der Waals surface area contributed by atoms with Crippen LogP contribution in [0.1, 0.15) is 64.2 Å². The van der Waals surface area contributed by atoms with Gasteiger partial charge in [0.2, 0.25) is 0 Å². The summed E-state index contributed by atoms with van der Waals surface area (Å²) >= 11 is 0. The van der Waals surface area contributed by atoms with Gasteiger partial charge >= 0.3 is 0 Å². The summed E-state index contributed by atoms with van der Waals surface area (Å²) in [5.41, 5.74) is 2.32. The molecular weight excluding hydrogens is 216 g/mol. The van der Waals surface area contributed by atoms with E-state index in [0.717, 1.165) is 5.92 Å². The van der Waals surface area contributed by atoms with E-state index in [4.69, 9.17) is 0 Å². The molecular formula is C18H26. The fraction of sp³-hybridized carbons (Fsp3) is 0.667. The molecule has 0 N–H and O–H groups in total. The topological polar surface area (TPSA) is 0 Å². The van der Waals surface area contributed by atoms with Gasteiger partial charge in [0.15, 0.2) is 0 Å². The molecule has 0 fully saturated rings. The maximum atomic E-state index is 2.60. The molecule has 0 nitrogen and oxygen atoms in total. The van der Waals surface area contributed by atoms with Crippen molar-refractivity contribution in [1.29, 1.82) is 0 Å². The van der Waals surface area contributed by atoms with Crippen molar-refractivity contribution in [1.82, 2.24) is 0 Å². The highest BCUT2D eigenvalue weighted by Crippen LogP contribution is 2.51. The molecule has 0 saturated carbocycles. The van der Waals surface area contributed by atoms with Gasteiger partial charge in [-0.3, -0.25) is 0 Å². The van der Waals surface area contributed by atoms with Crippen molar-refractivity contribution in [2.45, 2.75) is 64.2 Å². The molecule has 0 aliphatic heterocycles. The summed E-state index contributed by atoms with van der Waals surface area (Å²) in [5, 5.41) is 0. The van der Waals surface area contributed by atoms with Crippen LogP contribution in [-0.4, -0.2) is 0 Å². The molecule has 0 aromatic heterocycles. The van der Waals surface area contributed by atoms with Crippen LogP contribution in [-0.2, 0) is 0 Å². The molecule has 3 rings (SSSR count). The van der Waals surface area contributed by atoms with Crippen LogP contribution >= 0.6 is 0 Å². The Bertz CT molecular complexity index is 371. The van der Waals surface area contributed by atoms with Crippen LogP contribution in [0.25, 0.3) is 0 Å². The van der Waals surface area contributed by atoms with Gasteiger partial charge in [0.1, 0.15) is 0 Å². The maximum absolute atomic E-state index is 2.60. The van der Waals surface area contributed by atoms with Crippen molar-refractivity contribution >= 4 is 0 Å². The van der Waals surface area contributed by atoms with Gasteiger partial charge in [-0.1, -0.05) is 36.0 Å². The zero-order chi connectivity index (χ0) is 12.3. The summed E-state index contributed by atoms with van der Waals surface area (Å²) in [4.78, 5) is 0. The number of hydrogen-bond donors (Lipinski definition) is 0. The van der Waals surface area contributed by atoms with Gasteiger partial charge in [-0.05, 0) is 70.1 Å². The summed E-state index contributed by atoms with van der Waals surface area (Å²) in [6.07, 6.45) is 26.1. The Labute approximate surface area is 112 Å². The second-order valence-electron chi connectivity index (χ2n) is 6.31. The first-order valence-electron chi connectivity index (χ1n) is 7.93. The predicted molar refractivity (Wildman–Crippen MR) is 78.5 cm³/mol. The zero-order valence-electron chi connectivity index (χ0n) is 11.5. The van der Waals surface area contributed by atoms with Crippen LogP contribution in [0.3, 0.4) is 0 Å². The van der Waals surface area contributed by atoms with Crippen molar-refractivity contribution < 1.29 is 0 Å². The van der Waals surface area contributed by atoms with Gasteiger partial charge in [0.05, 0.1) is 0 Å². The van der Waals surface area contributed by atoms with Gasteiger partial charge in [-0.25, -0.2) is 0 Å². The van der Waals surface area contributed by atoms with Crippen molar-refractivity contribution in [3.63, 3.8) is 0 Å². The SMILES string of the molecule is C1=CC(C2(C3=CCCCC3)CC=CCC2)CCC1. The minimum absolute atomic E-state index is 0.506. The standard InChI is InChI=1S/C18H26/c1-4-10-16(11-5-1)18(14-8-3-9-15-18)17-12-6-2-7-13-17/h3-4,8,10,12,16H,1-2,5-7,9,11,13-15H2. The number of allylic oxidation sites excluding steroid dienone is 6. The fourth-order valence-electron chi connectivity index (χ4n) is 4.28. The molecule has 2 atom stereocenters. The van der Waals surface area contributed by atoms with E-state index in [-0.39, 0.29) is 0 Å². The van der Waals surface area contributed by atoms with Gasteiger partial charge in [0, 0.05) is 5.41 Å². The van der Waals surface area contributed by atoms with Crippen LogP contribution in [0.2, 0.25) is 0 Å². The molecule has 0 aromatic carbocycles. The zero-order valence-corrected chi connectivity index (χ0v) is 11.5. The average Bonchev–Trinajstić information content (AvgIpc) is 2.50. The first-order valence-corrected chi connectivity index (χ1v) is 7.93. The van der Waals surface area contributed by atoms with Crippen LogP contribution in [0.4, 0.5) is 0 Å². The van der Waals surface area contributed by atoms with Crippen molar-refractivity contribution in [3.05, 3.63) is 36.0 Å². The Morgan fingerprint density at radius 3 is 2.61 bits per heavy atom. The minimum atomic E-state index is 0.506. The Morgan fingerprint density at radius 2 is 1.94 bits per heavy atom. The van der Waals surface area contributed by atoms with Crippen molar-refractivity contribution in [2.24, 2.45) is 11.3 Å². The quantitative estimate of drug-likeness (QED) is 0.555. The second kappa shape index (κ2) is 5.47. The Kier molecular flexibility index (Phi) is 3.72. The first kappa shape index (κ1) is 12.3. The summed E-state index contributed by atoms with van der Waals surface area (Å²) in [6, 6.07) is 0. The van der Waals surface area contributed by atoms with Crippen molar-refractivity contribution in [2.75, 3.05) is 0 Å². The molecule has 0 saturated heterocycles. The van der Waals surface area contributed by atoms with Gasteiger partial charge < -0.3 is 0 Å². The maximum Gasteiger partial charge on any atom is 0.00120 e. The average molecular weight is 242 g/mol. The van der Waals surface area contributed by atoms with E-state index in [0.29, 0.717) is 5.41 Å². The molecule has 18 heavy (non-hydrogen) atoms. The van der Waals surface area contributed by atoms with E-state index in [2.05, 4.69) is 30.4 Å². The Balaban J connectivity index is 1.92. The molecule has 0 aromatic rings. The summed E-state index contributed by atoms with van der Waals surface area (Å²) < 4.78 is 0. The largest absolute Gasteiger partial charge is 0.0885 e. The smallest absolute Gasteiger partial charge is 0.00120 e. The van der Waals surface area contributed by atoms with E-state index in [1.165, 1.54) is 64.2 Å². The third-order valence-corrected chi connectivity index (χ3v) is 5.30. The molecule has 0 radical (unpaired) electrons. The van der Waals surface area contributed by atoms with E-state index < -0.39 is 0 Å². The molecule has 0 heteroatoms. The predicted octanol–water partition coefficient (Wildman–Crippen LogP) is 5.57. The highest BCUT2D eigenvalue weighted by molar-refractivity contribution is 5.25. The monoisotopic (exact) mass is 242 g/mol. The van der Waals surface area contributed by atoms with E-state index in [1.807, 2.05) is 5.57 Å². The third kappa shape index (κ3) is 2.22. The van der Waals surface area contributed by atoms with E-state index in [1.54, 1.807) is 0 Å². The lowest BCUT2D eigenvalue weighted by atomic mass is 9.59. The number of rotatable bonds is 2. The van der Waals surface area contributed by atoms with Crippen molar-refractivity contribution in [3.8, 4) is 0 Å². The highest BCUT2D eigenvalue weighted by Gasteiger charge is 2.40. The fourth-order valence-corrected chi connectivity index (χ4v) is 4.28. The Morgan fingerprint density at radius 1 is 0.944 bits per heavy atom. The normalized spacial score (nSPS) is 36.4. The van der Waals surface area contributed by atoms with Crippen LogP contribution < -0.4 is 0 Å². The van der Waals surface area contributed by atoms with Gasteiger partial charge in [0.25, 0.3) is 0 Å². The summed E-state index contributed by atoms with van der Waals surface area (Å²) in [7, 11) is 0. The summed E-state index contributed by atoms with van der Waals surface area (Å²) in [5.74, 6) is 0.820. The molecule has 3 aliphatic rings. The molecule has 0 bridgehead atoms. The van der Waals surface area contributed by atoms with Crippen LogP contribution in [0.5, 0.6) is 0 Å². The van der Waals surface area contributed by atoms with Gasteiger partial charge in [-0.15, -0.1) is 0 Å². The molecule has 0 spiro atoms. The lowest BCUT2D eigenvalue weighted by Gasteiger charge is -2.45. The first-order chi connectivity index (χ1) is 8.92. The van der Waals surface area contributed by atoms with Gasteiger partial charge in [-0.2, -0.15) is 0 Å². The number of hydrogen-bond acceptors (Lipinski definition) is 0. The molecule has 2 unspecified atom stereocenters. The second-order valence-corrected chi connectivity index (χ2v) is 6.31. The molecule has 3 aliphatic carbocycles. The summed E-state index contributed by atoms with van der Waals surface area (Å²) in [6.45, 7) is 0. The molecule has 0 heterocycles. The lowest BCUT2D eigenvalue weighted by molar-refractivity contribution is 0.201. The highest BCUT2D eigenvalue weighted by atomic mass is 14.4.